The molecule has 2 rings (SSSR count). The lowest BCUT2D eigenvalue weighted by Crippen LogP contribution is -2.56. The van der Waals surface area contributed by atoms with E-state index in [9.17, 15) is 18.0 Å². The smallest absolute Gasteiger partial charge is 0.416 e. The van der Waals surface area contributed by atoms with Gasteiger partial charge in [0.1, 0.15) is 6.10 Å². The van der Waals surface area contributed by atoms with E-state index in [1.165, 1.54) is 0 Å². The molecule has 0 radical (unpaired) electrons. The van der Waals surface area contributed by atoms with Crippen LogP contribution in [0.15, 0.2) is 18.3 Å². The van der Waals surface area contributed by atoms with Gasteiger partial charge in [-0.1, -0.05) is 15.9 Å². The molecule has 0 unspecified atom stereocenters. The fourth-order valence-electron chi connectivity index (χ4n) is 1.91. The third-order valence-electron chi connectivity index (χ3n) is 3.07. The van der Waals surface area contributed by atoms with E-state index < -0.39 is 11.7 Å². The molecule has 0 aromatic carbocycles. The Morgan fingerprint density at radius 3 is 2.81 bits per heavy atom. The zero-order valence-corrected chi connectivity index (χ0v) is 12.7. The molecule has 4 nitrogen and oxygen atoms in total. The zero-order chi connectivity index (χ0) is 15.5. The normalized spacial score (nSPS) is 15.7. The summed E-state index contributed by atoms with van der Waals surface area (Å²) in [7, 11) is 0. The number of hydrogen-bond donors (Lipinski definition) is 0. The molecule has 21 heavy (non-hydrogen) atoms. The predicted octanol–water partition coefficient (Wildman–Crippen LogP) is 2.87. The summed E-state index contributed by atoms with van der Waals surface area (Å²) in [6.07, 6.45) is -2.43. The molecule has 1 saturated heterocycles. The Morgan fingerprint density at radius 1 is 1.48 bits per heavy atom. The summed E-state index contributed by atoms with van der Waals surface area (Å²) in [5.41, 5.74) is -0.794. The van der Waals surface area contributed by atoms with Crippen LogP contribution in [-0.2, 0) is 11.0 Å². The van der Waals surface area contributed by atoms with Crippen LogP contribution in [-0.4, -0.2) is 40.3 Å². The third-order valence-corrected chi connectivity index (χ3v) is 3.64. The average molecular weight is 367 g/mol. The van der Waals surface area contributed by atoms with E-state index in [1.807, 2.05) is 0 Å². The fraction of sp³-hybridized carbons (Fsp3) is 0.538. The fourth-order valence-corrected chi connectivity index (χ4v) is 2.19. The van der Waals surface area contributed by atoms with Gasteiger partial charge in [-0.15, -0.1) is 0 Å². The lowest BCUT2D eigenvalue weighted by atomic mass is 10.1. The average Bonchev–Trinajstić information content (AvgIpc) is 2.39. The molecular formula is C13H14BrF3N2O2. The Morgan fingerprint density at radius 2 is 2.19 bits per heavy atom. The Labute approximate surface area is 128 Å². The van der Waals surface area contributed by atoms with Crippen molar-refractivity contribution in [1.29, 1.82) is 0 Å². The highest BCUT2D eigenvalue weighted by atomic mass is 79.9. The number of ether oxygens (including phenoxy) is 1. The van der Waals surface area contributed by atoms with E-state index in [0.29, 0.717) is 19.5 Å². The highest BCUT2D eigenvalue weighted by Crippen LogP contribution is 2.31. The summed E-state index contributed by atoms with van der Waals surface area (Å²) in [6, 6.07) is 1.76. The Bertz CT molecular complexity index is 504. The van der Waals surface area contributed by atoms with E-state index in [2.05, 4.69) is 20.9 Å². The van der Waals surface area contributed by atoms with Gasteiger partial charge in [-0.25, -0.2) is 4.98 Å². The van der Waals surface area contributed by atoms with Crippen molar-refractivity contribution >= 4 is 21.8 Å². The van der Waals surface area contributed by atoms with Crippen LogP contribution in [0.1, 0.15) is 18.4 Å². The number of amides is 1. The van der Waals surface area contributed by atoms with Crippen LogP contribution in [0.25, 0.3) is 0 Å². The molecule has 1 aromatic heterocycles. The number of rotatable bonds is 5. The highest BCUT2D eigenvalue weighted by molar-refractivity contribution is 9.09. The summed E-state index contributed by atoms with van der Waals surface area (Å²) >= 11 is 3.25. The number of pyridine rings is 1. The lowest BCUT2D eigenvalue weighted by Gasteiger charge is -2.38. The van der Waals surface area contributed by atoms with Crippen molar-refractivity contribution in [2.24, 2.45) is 0 Å². The standard InChI is InChI=1S/C13H14BrF3N2O2/c14-4-1-2-12(20)19-7-10(8-19)21-11-6-9(3-5-18-11)13(15,16)17/h3,5-6,10H,1-2,4,7-8H2. The number of halogens is 4. The molecular weight excluding hydrogens is 353 g/mol. The number of hydrogen-bond acceptors (Lipinski definition) is 3. The third kappa shape index (κ3) is 4.33. The van der Waals surface area contributed by atoms with E-state index in [-0.39, 0.29) is 17.9 Å². The predicted molar refractivity (Wildman–Crippen MR) is 73.3 cm³/mol. The first-order valence-electron chi connectivity index (χ1n) is 6.44. The van der Waals surface area contributed by atoms with Crippen LogP contribution >= 0.6 is 15.9 Å². The van der Waals surface area contributed by atoms with Gasteiger partial charge >= 0.3 is 6.18 Å². The molecule has 0 aliphatic carbocycles. The van der Waals surface area contributed by atoms with Gasteiger partial charge in [0.2, 0.25) is 11.8 Å². The van der Waals surface area contributed by atoms with Crippen molar-refractivity contribution in [1.82, 2.24) is 9.88 Å². The zero-order valence-electron chi connectivity index (χ0n) is 11.1. The summed E-state index contributed by atoms with van der Waals surface area (Å²) in [6.45, 7) is 0.776. The van der Waals surface area contributed by atoms with Crippen LogP contribution in [0.5, 0.6) is 5.88 Å². The molecule has 1 aliphatic rings. The molecule has 8 heteroatoms. The Hall–Kier alpha value is -1.31. The van der Waals surface area contributed by atoms with E-state index in [4.69, 9.17) is 4.74 Å². The number of carbonyl (C=O) groups is 1. The van der Waals surface area contributed by atoms with Gasteiger partial charge in [0.15, 0.2) is 0 Å². The largest absolute Gasteiger partial charge is 0.471 e. The minimum atomic E-state index is -4.42. The van der Waals surface area contributed by atoms with Gasteiger partial charge in [0.25, 0.3) is 0 Å². The second-order valence-corrected chi connectivity index (χ2v) is 5.50. The topological polar surface area (TPSA) is 42.4 Å². The maximum Gasteiger partial charge on any atom is 0.416 e. The molecule has 0 atom stereocenters. The van der Waals surface area contributed by atoms with Crippen LogP contribution in [0, 0.1) is 0 Å². The summed E-state index contributed by atoms with van der Waals surface area (Å²) in [5.74, 6) is -0.0336. The Balaban J connectivity index is 1.84. The maximum absolute atomic E-state index is 12.5. The second kappa shape index (κ2) is 6.64. The molecule has 1 amide bonds. The molecule has 0 saturated carbocycles. The summed E-state index contributed by atoms with van der Waals surface area (Å²) in [5, 5.41) is 0.765. The van der Waals surface area contributed by atoms with Gasteiger partial charge in [-0.05, 0) is 12.5 Å². The highest BCUT2D eigenvalue weighted by Gasteiger charge is 2.34. The van der Waals surface area contributed by atoms with Crippen molar-refractivity contribution in [3.63, 3.8) is 0 Å². The molecule has 0 N–H and O–H groups in total. The van der Waals surface area contributed by atoms with Crippen molar-refractivity contribution in [2.75, 3.05) is 18.4 Å². The minimum absolute atomic E-state index is 0.0336. The van der Waals surface area contributed by atoms with Crippen LogP contribution in [0.2, 0.25) is 0 Å². The molecule has 1 aliphatic heterocycles. The number of alkyl halides is 4. The number of likely N-dealkylation sites (tertiary alicyclic amines) is 1. The van der Waals surface area contributed by atoms with Crippen LogP contribution in [0.4, 0.5) is 13.2 Å². The van der Waals surface area contributed by atoms with Crippen LogP contribution in [0.3, 0.4) is 0 Å². The summed E-state index contributed by atoms with van der Waals surface area (Å²) < 4.78 is 43.0. The minimum Gasteiger partial charge on any atom is -0.471 e. The van der Waals surface area contributed by atoms with Crippen molar-refractivity contribution in [3.8, 4) is 5.88 Å². The van der Waals surface area contributed by atoms with Gasteiger partial charge < -0.3 is 9.64 Å². The summed E-state index contributed by atoms with van der Waals surface area (Å²) in [4.78, 5) is 17.0. The second-order valence-electron chi connectivity index (χ2n) is 4.71. The first kappa shape index (κ1) is 16.1. The van der Waals surface area contributed by atoms with Crippen molar-refractivity contribution in [2.45, 2.75) is 25.1 Å². The number of carbonyl (C=O) groups excluding carboxylic acids is 1. The SMILES string of the molecule is O=C(CCCBr)N1CC(Oc2cc(C(F)(F)F)ccn2)C1. The number of nitrogens with zero attached hydrogens (tertiary/aromatic N) is 2. The first-order chi connectivity index (χ1) is 9.90. The monoisotopic (exact) mass is 366 g/mol. The van der Waals surface area contributed by atoms with Crippen molar-refractivity contribution in [3.05, 3.63) is 23.9 Å². The first-order valence-corrected chi connectivity index (χ1v) is 7.56. The molecule has 2 heterocycles. The van der Waals surface area contributed by atoms with Gasteiger partial charge in [0, 0.05) is 24.0 Å². The lowest BCUT2D eigenvalue weighted by molar-refractivity contribution is -0.140. The van der Waals surface area contributed by atoms with Gasteiger partial charge in [-0.2, -0.15) is 13.2 Å². The van der Waals surface area contributed by atoms with E-state index in [1.54, 1.807) is 4.90 Å². The van der Waals surface area contributed by atoms with E-state index in [0.717, 1.165) is 30.1 Å². The van der Waals surface area contributed by atoms with Crippen LogP contribution < -0.4 is 4.74 Å². The molecule has 116 valence electrons. The molecule has 1 fully saturated rings. The van der Waals surface area contributed by atoms with Gasteiger partial charge in [0.05, 0.1) is 18.7 Å². The maximum atomic E-state index is 12.5. The quantitative estimate of drug-likeness (QED) is 0.752. The van der Waals surface area contributed by atoms with E-state index >= 15 is 0 Å². The van der Waals surface area contributed by atoms with Gasteiger partial charge in [-0.3, -0.25) is 4.79 Å². The molecule has 1 aromatic rings. The number of aromatic nitrogens is 1. The Kier molecular flexibility index (Phi) is 5.08. The molecule has 0 bridgehead atoms. The molecule has 0 spiro atoms. The van der Waals surface area contributed by atoms with Crippen molar-refractivity contribution < 1.29 is 22.7 Å².